The number of amides is 2. The number of nitrogens with one attached hydrogen (secondary N) is 2. The van der Waals surface area contributed by atoms with Crippen molar-refractivity contribution in [3.05, 3.63) is 28.8 Å². The molecule has 2 fully saturated rings. The summed E-state index contributed by atoms with van der Waals surface area (Å²) >= 11 is 5.98. The Bertz CT molecular complexity index is 627. The predicted molar refractivity (Wildman–Crippen MR) is 87.7 cm³/mol. The third-order valence-corrected chi connectivity index (χ3v) is 4.86. The fourth-order valence-electron chi connectivity index (χ4n) is 3.03. The zero-order valence-corrected chi connectivity index (χ0v) is 13.8. The second-order valence-electron chi connectivity index (χ2n) is 6.21. The van der Waals surface area contributed by atoms with Crippen molar-refractivity contribution in [2.24, 2.45) is 0 Å². The number of anilines is 1. The molecule has 2 aliphatic heterocycles. The summed E-state index contributed by atoms with van der Waals surface area (Å²) in [5.41, 5.74) is 1.30. The van der Waals surface area contributed by atoms with Crippen LogP contribution in [0.2, 0.25) is 5.02 Å². The molecular weight excluding hydrogens is 318 g/mol. The molecule has 0 aliphatic carbocycles. The van der Waals surface area contributed by atoms with Gasteiger partial charge in [-0.2, -0.15) is 0 Å². The lowest BCUT2D eigenvalue weighted by Gasteiger charge is -2.36. The van der Waals surface area contributed by atoms with E-state index >= 15 is 0 Å². The number of alkyl carbamates (subject to hydrolysis) is 1. The van der Waals surface area contributed by atoms with Gasteiger partial charge in [0.25, 0.3) is 0 Å². The second kappa shape index (κ2) is 6.37. The van der Waals surface area contributed by atoms with Crippen LogP contribution in [-0.2, 0) is 9.53 Å². The van der Waals surface area contributed by atoms with Crippen LogP contribution in [0, 0.1) is 6.92 Å². The number of hydrogen-bond acceptors (Lipinski definition) is 4. The molecule has 0 aromatic heterocycles. The summed E-state index contributed by atoms with van der Waals surface area (Å²) in [5.74, 6) is -0.0517. The minimum Gasteiger partial charge on any atom is -0.441 e. The van der Waals surface area contributed by atoms with Gasteiger partial charge >= 0.3 is 6.09 Å². The Labute approximate surface area is 140 Å². The SMILES string of the molecule is Cc1cc(NC(=O)CN2CCC3(CC2)CNC(=O)O3)ccc1Cl. The van der Waals surface area contributed by atoms with Crippen LogP contribution >= 0.6 is 11.6 Å². The number of carbonyl (C=O) groups excluding carboxylic acids is 2. The first-order valence-corrected chi connectivity index (χ1v) is 8.09. The van der Waals surface area contributed by atoms with Crippen LogP contribution in [0.25, 0.3) is 0 Å². The van der Waals surface area contributed by atoms with Crippen LogP contribution in [0.3, 0.4) is 0 Å². The summed E-state index contributed by atoms with van der Waals surface area (Å²) in [4.78, 5) is 25.4. The number of carbonyl (C=O) groups is 2. The number of nitrogens with zero attached hydrogens (tertiary/aromatic N) is 1. The number of benzene rings is 1. The molecule has 0 atom stereocenters. The van der Waals surface area contributed by atoms with Gasteiger partial charge in [0.1, 0.15) is 5.60 Å². The lowest BCUT2D eigenvalue weighted by Crippen LogP contribution is -2.48. The minimum absolute atomic E-state index is 0.0517. The third kappa shape index (κ3) is 3.76. The summed E-state index contributed by atoms with van der Waals surface area (Å²) in [7, 11) is 0. The average Bonchev–Trinajstić information content (AvgIpc) is 2.87. The first kappa shape index (κ1) is 16.1. The highest BCUT2D eigenvalue weighted by molar-refractivity contribution is 6.31. The van der Waals surface area contributed by atoms with E-state index in [4.69, 9.17) is 16.3 Å². The molecular formula is C16H20ClN3O3. The Morgan fingerprint density at radius 3 is 2.78 bits per heavy atom. The summed E-state index contributed by atoms with van der Waals surface area (Å²) in [6.45, 7) is 4.28. The molecule has 2 saturated heterocycles. The molecule has 1 aromatic rings. The van der Waals surface area contributed by atoms with Crippen LogP contribution in [0.15, 0.2) is 18.2 Å². The summed E-state index contributed by atoms with van der Waals surface area (Å²) in [5, 5.41) is 6.28. The van der Waals surface area contributed by atoms with E-state index < -0.39 is 0 Å². The largest absolute Gasteiger partial charge is 0.441 e. The molecule has 3 rings (SSSR count). The molecule has 0 saturated carbocycles. The standard InChI is InChI=1S/C16H20ClN3O3/c1-11-8-12(2-3-13(11)17)19-14(21)9-20-6-4-16(5-7-20)10-18-15(22)23-16/h2-3,8H,4-7,9-10H2,1H3,(H,18,22)(H,19,21). The van der Waals surface area contributed by atoms with Gasteiger partial charge in [0.15, 0.2) is 0 Å². The number of rotatable bonds is 3. The number of likely N-dealkylation sites (tertiary alicyclic amines) is 1. The molecule has 2 amide bonds. The van der Waals surface area contributed by atoms with Crippen molar-refractivity contribution in [1.29, 1.82) is 0 Å². The smallest absolute Gasteiger partial charge is 0.407 e. The van der Waals surface area contributed by atoms with Gasteiger partial charge < -0.3 is 15.4 Å². The normalized spacial score (nSPS) is 20.2. The van der Waals surface area contributed by atoms with E-state index in [0.717, 1.165) is 37.2 Å². The van der Waals surface area contributed by atoms with Crippen LogP contribution in [-0.4, -0.2) is 48.7 Å². The number of aryl methyl sites for hydroxylation is 1. The van der Waals surface area contributed by atoms with Crippen molar-refractivity contribution in [3.8, 4) is 0 Å². The molecule has 7 heteroatoms. The monoisotopic (exact) mass is 337 g/mol. The van der Waals surface area contributed by atoms with Gasteiger partial charge in [-0.3, -0.25) is 9.69 Å². The molecule has 2 N–H and O–H groups in total. The van der Waals surface area contributed by atoms with Crippen molar-refractivity contribution in [2.75, 3.05) is 31.5 Å². The molecule has 1 spiro atoms. The van der Waals surface area contributed by atoms with Gasteiger partial charge in [-0.25, -0.2) is 4.79 Å². The molecule has 124 valence electrons. The van der Waals surface area contributed by atoms with Crippen molar-refractivity contribution < 1.29 is 14.3 Å². The van der Waals surface area contributed by atoms with Crippen LogP contribution in [0.4, 0.5) is 10.5 Å². The fourth-order valence-corrected chi connectivity index (χ4v) is 3.14. The highest BCUT2D eigenvalue weighted by Crippen LogP contribution is 2.29. The Hall–Kier alpha value is -1.79. The molecule has 1 aromatic carbocycles. The van der Waals surface area contributed by atoms with E-state index in [-0.39, 0.29) is 17.6 Å². The zero-order valence-electron chi connectivity index (χ0n) is 13.0. The number of piperidine rings is 1. The number of hydrogen-bond donors (Lipinski definition) is 2. The lowest BCUT2D eigenvalue weighted by molar-refractivity contribution is -0.118. The molecule has 0 radical (unpaired) electrons. The van der Waals surface area contributed by atoms with Gasteiger partial charge in [-0.1, -0.05) is 11.6 Å². The maximum atomic E-state index is 12.2. The van der Waals surface area contributed by atoms with Gasteiger partial charge in [0.05, 0.1) is 13.1 Å². The van der Waals surface area contributed by atoms with E-state index in [2.05, 4.69) is 15.5 Å². The molecule has 6 nitrogen and oxygen atoms in total. The first-order chi connectivity index (χ1) is 11.0. The van der Waals surface area contributed by atoms with Crippen LogP contribution < -0.4 is 10.6 Å². The van der Waals surface area contributed by atoms with Gasteiger partial charge in [-0.15, -0.1) is 0 Å². The van der Waals surface area contributed by atoms with Crippen LogP contribution in [0.1, 0.15) is 18.4 Å². The summed E-state index contributed by atoms with van der Waals surface area (Å²) in [6, 6.07) is 5.43. The van der Waals surface area contributed by atoms with Gasteiger partial charge in [0, 0.05) is 36.6 Å². The molecule has 2 aliphatic rings. The Morgan fingerprint density at radius 1 is 1.43 bits per heavy atom. The highest BCUT2D eigenvalue weighted by atomic mass is 35.5. The maximum absolute atomic E-state index is 12.2. The maximum Gasteiger partial charge on any atom is 0.407 e. The third-order valence-electron chi connectivity index (χ3n) is 4.44. The predicted octanol–water partition coefficient (Wildman–Crippen LogP) is 2.16. The Balaban J connectivity index is 1.49. The average molecular weight is 338 g/mol. The highest BCUT2D eigenvalue weighted by Gasteiger charge is 2.42. The molecule has 0 unspecified atom stereocenters. The fraction of sp³-hybridized carbons (Fsp3) is 0.500. The zero-order chi connectivity index (χ0) is 16.4. The molecule has 23 heavy (non-hydrogen) atoms. The lowest BCUT2D eigenvalue weighted by atomic mass is 9.92. The van der Waals surface area contributed by atoms with Crippen molar-refractivity contribution >= 4 is 29.3 Å². The van der Waals surface area contributed by atoms with Gasteiger partial charge in [0.2, 0.25) is 5.91 Å². The van der Waals surface area contributed by atoms with E-state index in [1.165, 1.54) is 0 Å². The number of ether oxygens (including phenoxy) is 1. The first-order valence-electron chi connectivity index (χ1n) is 7.71. The van der Waals surface area contributed by atoms with Crippen molar-refractivity contribution in [3.63, 3.8) is 0 Å². The van der Waals surface area contributed by atoms with E-state index in [1.54, 1.807) is 12.1 Å². The Morgan fingerprint density at radius 2 is 2.17 bits per heavy atom. The second-order valence-corrected chi connectivity index (χ2v) is 6.62. The molecule has 2 heterocycles. The van der Waals surface area contributed by atoms with E-state index in [1.807, 2.05) is 13.0 Å². The molecule has 0 bridgehead atoms. The van der Waals surface area contributed by atoms with Crippen molar-refractivity contribution in [1.82, 2.24) is 10.2 Å². The topological polar surface area (TPSA) is 70.7 Å². The van der Waals surface area contributed by atoms with E-state index in [9.17, 15) is 9.59 Å². The van der Waals surface area contributed by atoms with Gasteiger partial charge in [-0.05, 0) is 30.7 Å². The minimum atomic E-state index is -0.378. The summed E-state index contributed by atoms with van der Waals surface area (Å²) < 4.78 is 5.37. The Kier molecular flexibility index (Phi) is 4.46. The van der Waals surface area contributed by atoms with Crippen LogP contribution in [0.5, 0.6) is 0 Å². The number of halogens is 1. The van der Waals surface area contributed by atoms with Crippen molar-refractivity contribution in [2.45, 2.75) is 25.4 Å². The quantitative estimate of drug-likeness (QED) is 0.886. The van der Waals surface area contributed by atoms with E-state index in [0.29, 0.717) is 18.1 Å². The summed E-state index contributed by atoms with van der Waals surface area (Å²) in [6.07, 6.45) is 1.16.